The Balaban J connectivity index is 1.41. The number of rotatable bonds is 4. The van der Waals surface area contributed by atoms with Crippen molar-refractivity contribution in [2.75, 3.05) is 45.8 Å². The lowest BCUT2D eigenvalue weighted by Crippen LogP contribution is -2.51. The van der Waals surface area contributed by atoms with Gasteiger partial charge in [0, 0.05) is 38.6 Å². The Morgan fingerprint density at radius 3 is 2.48 bits per heavy atom. The Morgan fingerprint density at radius 2 is 1.78 bits per heavy atom. The van der Waals surface area contributed by atoms with Gasteiger partial charge in [-0.1, -0.05) is 42.5 Å². The molecule has 0 saturated carbocycles. The lowest BCUT2D eigenvalue weighted by molar-refractivity contribution is -0.138. The minimum absolute atomic E-state index is 0.251. The molecule has 23 heavy (non-hydrogen) atoms. The summed E-state index contributed by atoms with van der Waals surface area (Å²) >= 11 is 0. The molecular weight excluding hydrogens is 286 g/mol. The smallest absolute Gasteiger partial charge is 0.225 e. The standard InChI is InChI=1S/C19H27N3O/c23-19(18-8-10-20-11-9-18)22-15-13-21(14-16-22)12-4-7-17-5-2-1-3-6-17/h1-7,18,20H,8-16H2/b7-4+. The van der Waals surface area contributed by atoms with Crippen LogP contribution in [0.3, 0.4) is 0 Å². The predicted molar refractivity (Wildman–Crippen MR) is 94.1 cm³/mol. The molecule has 2 fully saturated rings. The second kappa shape index (κ2) is 8.27. The van der Waals surface area contributed by atoms with E-state index in [2.05, 4.69) is 51.5 Å². The molecule has 0 unspecified atom stereocenters. The van der Waals surface area contributed by atoms with Gasteiger partial charge in [-0.25, -0.2) is 0 Å². The van der Waals surface area contributed by atoms with Gasteiger partial charge in [-0.05, 0) is 31.5 Å². The van der Waals surface area contributed by atoms with Gasteiger partial charge in [0.15, 0.2) is 0 Å². The summed E-state index contributed by atoms with van der Waals surface area (Å²) in [6.45, 7) is 6.65. The second-order valence-electron chi connectivity index (χ2n) is 6.46. The summed E-state index contributed by atoms with van der Waals surface area (Å²) < 4.78 is 0. The number of amides is 1. The van der Waals surface area contributed by atoms with Crippen molar-refractivity contribution in [2.24, 2.45) is 5.92 Å². The van der Waals surface area contributed by atoms with Gasteiger partial charge in [0.2, 0.25) is 5.91 Å². The lowest BCUT2D eigenvalue weighted by atomic mass is 9.96. The fraction of sp³-hybridized carbons (Fsp3) is 0.526. The molecule has 124 valence electrons. The highest BCUT2D eigenvalue weighted by atomic mass is 16.2. The van der Waals surface area contributed by atoms with E-state index in [0.29, 0.717) is 5.91 Å². The van der Waals surface area contributed by atoms with Crippen LogP contribution >= 0.6 is 0 Å². The molecule has 1 aromatic rings. The zero-order valence-electron chi connectivity index (χ0n) is 13.8. The number of piperazine rings is 1. The average molecular weight is 313 g/mol. The third-order valence-electron chi connectivity index (χ3n) is 4.85. The van der Waals surface area contributed by atoms with Gasteiger partial charge in [-0.15, -0.1) is 0 Å². The first-order valence-electron chi connectivity index (χ1n) is 8.76. The van der Waals surface area contributed by atoms with Crippen LogP contribution in [0, 0.1) is 5.92 Å². The van der Waals surface area contributed by atoms with E-state index in [9.17, 15) is 4.79 Å². The number of carbonyl (C=O) groups is 1. The monoisotopic (exact) mass is 313 g/mol. The zero-order chi connectivity index (χ0) is 15.9. The maximum atomic E-state index is 12.5. The molecule has 3 rings (SSSR count). The van der Waals surface area contributed by atoms with Gasteiger partial charge in [-0.2, -0.15) is 0 Å². The molecule has 2 aliphatic rings. The van der Waals surface area contributed by atoms with Crippen molar-refractivity contribution in [3.05, 3.63) is 42.0 Å². The summed E-state index contributed by atoms with van der Waals surface area (Å²) in [6.07, 6.45) is 6.39. The number of hydrogen-bond acceptors (Lipinski definition) is 3. The van der Waals surface area contributed by atoms with Crippen molar-refractivity contribution in [3.63, 3.8) is 0 Å². The SMILES string of the molecule is O=C(C1CCNCC1)N1CCN(C/C=C/c2ccccc2)CC1. The van der Waals surface area contributed by atoms with Crippen LogP contribution in [0.15, 0.2) is 36.4 Å². The first-order valence-corrected chi connectivity index (χ1v) is 8.76. The molecule has 0 radical (unpaired) electrons. The summed E-state index contributed by atoms with van der Waals surface area (Å²) in [6, 6.07) is 10.4. The lowest BCUT2D eigenvalue weighted by Gasteiger charge is -2.36. The van der Waals surface area contributed by atoms with E-state index >= 15 is 0 Å². The van der Waals surface area contributed by atoms with Crippen LogP contribution in [0.5, 0.6) is 0 Å². The second-order valence-corrected chi connectivity index (χ2v) is 6.46. The Kier molecular flexibility index (Phi) is 5.83. The van der Waals surface area contributed by atoms with E-state index in [4.69, 9.17) is 0 Å². The maximum absolute atomic E-state index is 12.5. The Labute approximate surface area is 139 Å². The van der Waals surface area contributed by atoms with E-state index in [0.717, 1.165) is 58.7 Å². The number of hydrogen-bond donors (Lipinski definition) is 1. The molecule has 2 aliphatic heterocycles. The molecule has 1 aromatic carbocycles. The summed E-state index contributed by atoms with van der Waals surface area (Å²) in [7, 11) is 0. The van der Waals surface area contributed by atoms with E-state index in [-0.39, 0.29) is 5.92 Å². The minimum atomic E-state index is 0.251. The van der Waals surface area contributed by atoms with Crippen LogP contribution in [0.4, 0.5) is 0 Å². The summed E-state index contributed by atoms with van der Waals surface area (Å²) in [5.41, 5.74) is 1.24. The Hall–Kier alpha value is -1.65. The molecule has 0 bridgehead atoms. The molecule has 0 aliphatic carbocycles. The molecular formula is C19H27N3O. The minimum Gasteiger partial charge on any atom is -0.340 e. The topological polar surface area (TPSA) is 35.6 Å². The summed E-state index contributed by atoms with van der Waals surface area (Å²) in [4.78, 5) is 17.0. The van der Waals surface area contributed by atoms with Gasteiger partial charge in [0.05, 0.1) is 0 Å². The maximum Gasteiger partial charge on any atom is 0.225 e. The normalized spacial score (nSPS) is 21.0. The molecule has 4 heteroatoms. The molecule has 0 atom stereocenters. The molecule has 2 saturated heterocycles. The number of carbonyl (C=O) groups excluding carboxylic acids is 1. The van der Waals surface area contributed by atoms with Crippen LogP contribution < -0.4 is 5.32 Å². The highest BCUT2D eigenvalue weighted by Crippen LogP contribution is 2.16. The van der Waals surface area contributed by atoms with E-state index in [1.165, 1.54) is 5.56 Å². The van der Waals surface area contributed by atoms with Gasteiger partial charge < -0.3 is 10.2 Å². The summed E-state index contributed by atoms with van der Waals surface area (Å²) in [5.74, 6) is 0.631. The van der Waals surface area contributed by atoms with Crippen LogP contribution in [-0.2, 0) is 4.79 Å². The van der Waals surface area contributed by atoms with Crippen molar-refractivity contribution < 1.29 is 4.79 Å². The fourth-order valence-electron chi connectivity index (χ4n) is 3.38. The van der Waals surface area contributed by atoms with Gasteiger partial charge in [0.1, 0.15) is 0 Å². The van der Waals surface area contributed by atoms with Crippen molar-refractivity contribution in [1.29, 1.82) is 0 Å². The van der Waals surface area contributed by atoms with Gasteiger partial charge >= 0.3 is 0 Å². The molecule has 1 amide bonds. The Bertz CT molecular complexity index is 515. The summed E-state index contributed by atoms with van der Waals surface area (Å²) in [5, 5.41) is 3.33. The number of benzene rings is 1. The average Bonchev–Trinajstić information content (AvgIpc) is 2.63. The largest absolute Gasteiger partial charge is 0.340 e. The highest BCUT2D eigenvalue weighted by molar-refractivity contribution is 5.79. The zero-order valence-corrected chi connectivity index (χ0v) is 13.8. The molecule has 0 aromatic heterocycles. The number of piperidine rings is 1. The quantitative estimate of drug-likeness (QED) is 0.921. The predicted octanol–water partition coefficient (Wildman–Crippen LogP) is 1.84. The fourth-order valence-corrected chi connectivity index (χ4v) is 3.38. The molecule has 0 spiro atoms. The molecule has 2 heterocycles. The third-order valence-corrected chi connectivity index (χ3v) is 4.85. The van der Waals surface area contributed by atoms with Crippen LogP contribution in [0.25, 0.3) is 6.08 Å². The molecule has 1 N–H and O–H groups in total. The van der Waals surface area contributed by atoms with Crippen molar-refractivity contribution in [3.8, 4) is 0 Å². The van der Waals surface area contributed by atoms with E-state index in [1.54, 1.807) is 0 Å². The highest BCUT2D eigenvalue weighted by Gasteiger charge is 2.27. The first-order chi connectivity index (χ1) is 11.3. The third kappa shape index (κ3) is 4.66. The van der Waals surface area contributed by atoms with Gasteiger partial charge in [-0.3, -0.25) is 9.69 Å². The number of nitrogens with zero attached hydrogens (tertiary/aromatic N) is 2. The van der Waals surface area contributed by atoms with Gasteiger partial charge in [0.25, 0.3) is 0 Å². The van der Waals surface area contributed by atoms with Crippen molar-refractivity contribution in [1.82, 2.24) is 15.1 Å². The van der Waals surface area contributed by atoms with E-state index < -0.39 is 0 Å². The van der Waals surface area contributed by atoms with Crippen LogP contribution in [0.2, 0.25) is 0 Å². The number of nitrogens with one attached hydrogen (secondary N) is 1. The van der Waals surface area contributed by atoms with E-state index in [1.807, 2.05) is 6.07 Å². The Morgan fingerprint density at radius 1 is 1.09 bits per heavy atom. The van der Waals surface area contributed by atoms with Crippen molar-refractivity contribution >= 4 is 12.0 Å². The first kappa shape index (κ1) is 16.2. The van der Waals surface area contributed by atoms with Crippen molar-refractivity contribution in [2.45, 2.75) is 12.8 Å². The van der Waals surface area contributed by atoms with Crippen LogP contribution in [0.1, 0.15) is 18.4 Å². The molecule has 4 nitrogen and oxygen atoms in total. The van der Waals surface area contributed by atoms with Crippen LogP contribution in [-0.4, -0.2) is 61.5 Å².